The molecule has 0 saturated heterocycles. The quantitative estimate of drug-likeness (QED) is 0.153. The van der Waals surface area contributed by atoms with Crippen LogP contribution in [0, 0.1) is 6.92 Å². The maximum absolute atomic E-state index is 12.7. The van der Waals surface area contributed by atoms with E-state index in [1.165, 1.54) is 11.8 Å². The average molecular weight is 514 g/mol. The number of aryl methyl sites for hydroxylation is 1. The summed E-state index contributed by atoms with van der Waals surface area (Å²) in [5.74, 6) is 0.815. The molecule has 4 nitrogen and oxygen atoms in total. The van der Waals surface area contributed by atoms with Gasteiger partial charge in [0, 0.05) is 20.8 Å². The zero-order valence-electron chi connectivity index (χ0n) is 17.9. The molecule has 1 amide bonds. The van der Waals surface area contributed by atoms with E-state index in [4.69, 9.17) is 9.97 Å². The van der Waals surface area contributed by atoms with Crippen LogP contribution in [0.1, 0.15) is 5.56 Å². The Morgan fingerprint density at radius 3 is 2.52 bits per heavy atom. The first-order valence-corrected chi connectivity index (χ1v) is 12.3. The lowest BCUT2D eigenvalue weighted by Gasteiger charge is -2.11. The summed E-state index contributed by atoms with van der Waals surface area (Å²) < 4.78 is 0.867. The molecule has 1 aromatic heterocycles. The molecule has 1 N–H and O–H groups in total. The number of carbonyl (C=O) groups excluding carboxylic acids is 1. The summed E-state index contributed by atoms with van der Waals surface area (Å²) in [6, 6.07) is 28.1. The summed E-state index contributed by atoms with van der Waals surface area (Å²) in [7, 11) is 0. The molecule has 0 spiro atoms. The van der Waals surface area contributed by atoms with E-state index in [0.717, 1.165) is 48.0 Å². The first-order valence-electron chi connectivity index (χ1n) is 10.5. The lowest BCUT2D eigenvalue weighted by atomic mass is 10.1. The van der Waals surface area contributed by atoms with Crippen LogP contribution in [0.5, 0.6) is 0 Å². The number of carbonyl (C=O) groups is 1. The number of hydrogen-bond donors (Lipinski definition) is 1. The van der Waals surface area contributed by atoms with E-state index in [-0.39, 0.29) is 11.7 Å². The molecule has 0 aliphatic carbocycles. The SMILES string of the molecule is Cc1ccc(NC(=O)CSc2nc(-c3ccccc3)nc3c2ccc2ccccc23)c(Br)c1. The number of nitrogens with one attached hydrogen (secondary N) is 1. The topological polar surface area (TPSA) is 54.9 Å². The molecule has 6 heteroatoms. The third-order valence-corrected chi connectivity index (χ3v) is 6.97. The van der Waals surface area contributed by atoms with Crippen molar-refractivity contribution in [3.8, 4) is 11.4 Å². The van der Waals surface area contributed by atoms with Gasteiger partial charge in [0.05, 0.1) is 17.0 Å². The zero-order valence-corrected chi connectivity index (χ0v) is 20.3. The van der Waals surface area contributed by atoms with Gasteiger partial charge in [-0.2, -0.15) is 0 Å². The highest BCUT2D eigenvalue weighted by atomic mass is 79.9. The smallest absolute Gasteiger partial charge is 0.234 e. The number of rotatable bonds is 5. The molecule has 0 unspecified atom stereocenters. The third kappa shape index (κ3) is 4.63. The number of anilines is 1. The lowest BCUT2D eigenvalue weighted by molar-refractivity contribution is -0.113. The van der Waals surface area contributed by atoms with Gasteiger partial charge in [0.25, 0.3) is 0 Å². The van der Waals surface area contributed by atoms with E-state index < -0.39 is 0 Å². The summed E-state index contributed by atoms with van der Waals surface area (Å²) in [4.78, 5) is 22.5. The molecule has 1 heterocycles. The maximum Gasteiger partial charge on any atom is 0.234 e. The van der Waals surface area contributed by atoms with Gasteiger partial charge in [-0.15, -0.1) is 0 Å². The van der Waals surface area contributed by atoms with Gasteiger partial charge in [-0.1, -0.05) is 78.5 Å². The summed E-state index contributed by atoms with van der Waals surface area (Å²) in [6.45, 7) is 2.01. The van der Waals surface area contributed by atoms with Crippen LogP contribution < -0.4 is 5.32 Å². The third-order valence-electron chi connectivity index (χ3n) is 5.33. The van der Waals surface area contributed by atoms with Crippen LogP contribution in [0.2, 0.25) is 0 Å². The number of fused-ring (bicyclic) bond motifs is 3. The van der Waals surface area contributed by atoms with Crippen molar-refractivity contribution in [2.75, 3.05) is 11.1 Å². The summed E-state index contributed by atoms with van der Waals surface area (Å²) >= 11 is 4.95. The van der Waals surface area contributed by atoms with E-state index in [1.807, 2.05) is 73.7 Å². The molecule has 0 fully saturated rings. The number of halogens is 1. The second-order valence-corrected chi connectivity index (χ2v) is 9.54. The van der Waals surface area contributed by atoms with Gasteiger partial charge >= 0.3 is 0 Å². The molecule has 0 aliphatic rings. The first kappa shape index (κ1) is 21.6. The molecule has 162 valence electrons. The first-order chi connectivity index (χ1) is 16.1. The second-order valence-electron chi connectivity index (χ2n) is 7.72. The number of benzene rings is 4. The van der Waals surface area contributed by atoms with Crippen molar-refractivity contribution < 1.29 is 4.79 Å². The van der Waals surface area contributed by atoms with Crippen LogP contribution in [0.15, 0.2) is 94.4 Å². The fraction of sp³-hybridized carbons (Fsp3) is 0.0741. The number of amides is 1. The molecule has 5 aromatic rings. The van der Waals surface area contributed by atoms with Gasteiger partial charge in [0.1, 0.15) is 5.03 Å². The Hall–Kier alpha value is -3.22. The van der Waals surface area contributed by atoms with Crippen LogP contribution in [-0.4, -0.2) is 21.6 Å². The number of aromatic nitrogens is 2. The Morgan fingerprint density at radius 1 is 0.909 bits per heavy atom. The molecular formula is C27H20BrN3OS. The molecule has 5 rings (SSSR count). The highest BCUT2D eigenvalue weighted by molar-refractivity contribution is 9.10. The Labute approximate surface area is 204 Å². The highest BCUT2D eigenvalue weighted by Crippen LogP contribution is 2.33. The molecule has 0 radical (unpaired) electrons. The predicted octanol–water partition coefficient (Wildman–Crippen LogP) is 7.25. The fourth-order valence-corrected chi connectivity index (χ4v) is 5.11. The van der Waals surface area contributed by atoms with Crippen molar-refractivity contribution in [2.45, 2.75) is 11.9 Å². The van der Waals surface area contributed by atoms with Gasteiger partial charge in [-0.05, 0) is 52.0 Å². The molecular weight excluding hydrogens is 494 g/mol. The Bertz CT molecular complexity index is 1490. The minimum Gasteiger partial charge on any atom is -0.324 e. The maximum atomic E-state index is 12.7. The van der Waals surface area contributed by atoms with Crippen molar-refractivity contribution in [1.29, 1.82) is 0 Å². The Morgan fingerprint density at radius 2 is 1.70 bits per heavy atom. The van der Waals surface area contributed by atoms with Gasteiger partial charge in [-0.3, -0.25) is 4.79 Å². The molecule has 0 atom stereocenters. The van der Waals surface area contributed by atoms with Crippen molar-refractivity contribution in [2.24, 2.45) is 0 Å². The zero-order chi connectivity index (χ0) is 22.8. The van der Waals surface area contributed by atoms with E-state index in [0.29, 0.717) is 5.82 Å². The highest BCUT2D eigenvalue weighted by Gasteiger charge is 2.14. The number of thioether (sulfide) groups is 1. The molecule has 0 aliphatic heterocycles. The van der Waals surface area contributed by atoms with Crippen LogP contribution in [-0.2, 0) is 4.79 Å². The number of nitrogens with zero attached hydrogens (tertiary/aromatic N) is 2. The van der Waals surface area contributed by atoms with E-state index >= 15 is 0 Å². The van der Waals surface area contributed by atoms with E-state index in [1.54, 1.807) is 0 Å². The largest absolute Gasteiger partial charge is 0.324 e. The van der Waals surface area contributed by atoms with Crippen LogP contribution in [0.4, 0.5) is 5.69 Å². The minimum absolute atomic E-state index is 0.0848. The Kier molecular flexibility index (Phi) is 6.11. The molecule has 0 saturated carbocycles. The van der Waals surface area contributed by atoms with Crippen molar-refractivity contribution >= 4 is 61.0 Å². The van der Waals surface area contributed by atoms with Crippen LogP contribution >= 0.6 is 27.7 Å². The minimum atomic E-state index is -0.0848. The molecule has 0 bridgehead atoms. The fourth-order valence-electron chi connectivity index (χ4n) is 3.70. The van der Waals surface area contributed by atoms with Crippen molar-refractivity contribution in [3.63, 3.8) is 0 Å². The second kappa shape index (κ2) is 9.33. The van der Waals surface area contributed by atoms with Gasteiger partial charge in [0.15, 0.2) is 5.82 Å². The summed E-state index contributed by atoms with van der Waals surface area (Å²) in [5, 5.41) is 6.92. The molecule has 4 aromatic carbocycles. The predicted molar refractivity (Wildman–Crippen MR) is 141 cm³/mol. The molecule has 33 heavy (non-hydrogen) atoms. The summed E-state index contributed by atoms with van der Waals surface area (Å²) in [5.41, 5.74) is 3.73. The van der Waals surface area contributed by atoms with Crippen molar-refractivity contribution in [3.05, 3.63) is 95.0 Å². The number of hydrogen-bond acceptors (Lipinski definition) is 4. The lowest BCUT2D eigenvalue weighted by Crippen LogP contribution is -2.14. The van der Waals surface area contributed by atoms with Crippen LogP contribution in [0.3, 0.4) is 0 Å². The standard InChI is InChI=1S/C27H20BrN3OS/c1-17-11-14-23(22(28)15-17)29-24(32)16-33-27-21-13-12-18-7-5-6-10-20(18)25(21)30-26(31-27)19-8-3-2-4-9-19/h2-15H,16H2,1H3,(H,29,32). The van der Waals surface area contributed by atoms with E-state index in [2.05, 4.69) is 39.4 Å². The van der Waals surface area contributed by atoms with Crippen molar-refractivity contribution in [1.82, 2.24) is 9.97 Å². The van der Waals surface area contributed by atoms with Gasteiger partial charge in [0.2, 0.25) is 5.91 Å². The Balaban J connectivity index is 1.51. The van der Waals surface area contributed by atoms with Gasteiger partial charge in [-0.25, -0.2) is 9.97 Å². The van der Waals surface area contributed by atoms with Gasteiger partial charge < -0.3 is 5.32 Å². The average Bonchev–Trinajstić information content (AvgIpc) is 2.84. The monoisotopic (exact) mass is 513 g/mol. The van der Waals surface area contributed by atoms with Crippen LogP contribution in [0.25, 0.3) is 33.1 Å². The van der Waals surface area contributed by atoms with E-state index in [9.17, 15) is 4.79 Å². The normalized spacial score (nSPS) is 11.1. The summed E-state index contributed by atoms with van der Waals surface area (Å²) in [6.07, 6.45) is 0.